The third kappa shape index (κ3) is 25.1. The van der Waals surface area contributed by atoms with Gasteiger partial charge >= 0.3 is 0 Å². The first-order valence-electron chi connectivity index (χ1n) is 12.3. The summed E-state index contributed by atoms with van der Waals surface area (Å²) in [7, 11) is -2.85. The lowest BCUT2D eigenvalue weighted by Crippen LogP contribution is -2.24. The van der Waals surface area contributed by atoms with Crippen LogP contribution >= 0.6 is 7.37 Å². The Balaban J connectivity index is 3.36. The van der Waals surface area contributed by atoms with Crippen LogP contribution < -0.4 is 5.32 Å². The van der Waals surface area contributed by atoms with Crippen LogP contribution in [0.15, 0.2) is 0 Å². The van der Waals surface area contributed by atoms with Crippen LogP contribution in [0.2, 0.25) is 0 Å². The van der Waals surface area contributed by atoms with Gasteiger partial charge in [0, 0.05) is 45.1 Å². The molecule has 0 rings (SSSR count). The summed E-state index contributed by atoms with van der Waals surface area (Å²) in [4.78, 5) is 43.7. The normalized spacial score (nSPS) is 13.0. The summed E-state index contributed by atoms with van der Waals surface area (Å²) in [5.74, 6) is 0.668. The number of carbonyl (C=O) groups excluding carboxylic acids is 3. The number of carbonyl (C=O) groups is 3. The van der Waals surface area contributed by atoms with Gasteiger partial charge in [-0.1, -0.05) is 44.9 Å². The summed E-state index contributed by atoms with van der Waals surface area (Å²) in [6.07, 6.45) is 15.4. The maximum Gasteiger partial charge on any atom is 0.219 e. The number of hydrogen-bond donors (Lipinski definition) is 2. The highest BCUT2D eigenvalue weighted by Gasteiger charge is 2.08. The number of rotatable bonds is 22. The first-order valence-corrected chi connectivity index (χ1v) is 14.6. The molecule has 2 N–H and O–H groups in total. The number of nitrogens with one attached hydrogen (secondary N) is 1. The van der Waals surface area contributed by atoms with Crippen LogP contribution in [-0.2, 0) is 18.9 Å². The maximum absolute atomic E-state index is 11.9. The van der Waals surface area contributed by atoms with Crippen molar-refractivity contribution in [2.75, 3.05) is 19.4 Å². The highest BCUT2D eigenvalue weighted by Crippen LogP contribution is 2.36. The van der Waals surface area contributed by atoms with E-state index in [1.54, 1.807) is 6.92 Å². The molecule has 7 heteroatoms. The second-order valence-corrected chi connectivity index (χ2v) is 11.5. The lowest BCUT2D eigenvalue weighted by Gasteiger charge is -2.06. The molecule has 0 spiro atoms. The smallest absolute Gasteiger partial charge is 0.219 e. The molecule has 1 atom stereocenters. The number of hydrogen-bond acceptors (Lipinski definition) is 4. The first kappa shape index (κ1) is 30.0. The standard InChI is InChI=1S/C24H46NO5P/c1-22(26)16-10-6-7-13-19-24(28)25-20-14-9-12-18-23(27)17-11-5-3-4-8-15-21-31(2,29)30/h3-21H2,1-2H3,(H,25,28)(H,29,30). The highest BCUT2D eigenvalue weighted by molar-refractivity contribution is 7.57. The van der Waals surface area contributed by atoms with Gasteiger partial charge in [0.05, 0.1) is 0 Å². The first-order chi connectivity index (χ1) is 14.7. The van der Waals surface area contributed by atoms with Crippen molar-refractivity contribution in [3.05, 3.63) is 0 Å². The number of Topliss-reactive ketones (excluding diaryl/α,β-unsaturated/α-hetero) is 2. The molecule has 0 aliphatic carbocycles. The van der Waals surface area contributed by atoms with Gasteiger partial charge in [-0.3, -0.25) is 14.2 Å². The zero-order valence-corrected chi connectivity index (χ0v) is 20.9. The van der Waals surface area contributed by atoms with Crippen molar-refractivity contribution in [3.8, 4) is 0 Å². The van der Waals surface area contributed by atoms with E-state index in [-0.39, 0.29) is 11.7 Å². The average molecular weight is 460 g/mol. The number of ketones is 2. The van der Waals surface area contributed by atoms with Crippen LogP contribution in [0.1, 0.15) is 116 Å². The molecule has 0 saturated heterocycles. The van der Waals surface area contributed by atoms with Crippen LogP contribution in [0, 0.1) is 0 Å². The Bertz CT molecular complexity index is 544. The Labute approximate surface area is 189 Å². The lowest BCUT2D eigenvalue weighted by molar-refractivity contribution is -0.121. The van der Waals surface area contributed by atoms with Gasteiger partial charge < -0.3 is 15.0 Å². The van der Waals surface area contributed by atoms with Gasteiger partial charge in [-0.05, 0) is 45.4 Å². The molecule has 0 aliphatic rings. The highest BCUT2D eigenvalue weighted by atomic mass is 31.2. The molecule has 1 unspecified atom stereocenters. The summed E-state index contributed by atoms with van der Waals surface area (Å²) in [6.45, 7) is 3.71. The minimum Gasteiger partial charge on any atom is -0.356 e. The third-order valence-electron chi connectivity index (χ3n) is 5.42. The fraction of sp³-hybridized carbons (Fsp3) is 0.875. The average Bonchev–Trinajstić information content (AvgIpc) is 2.68. The van der Waals surface area contributed by atoms with E-state index in [0.29, 0.717) is 44.2 Å². The topological polar surface area (TPSA) is 101 Å². The van der Waals surface area contributed by atoms with Gasteiger partial charge in [-0.25, -0.2) is 0 Å². The van der Waals surface area contributed by atoms with Crippen molar-refractivity contribution in [2.45, 2.75) is 116 Å². The summed E-state index contributed by atoms with van der Waals surface area (Å²) >= 11 is 0. The molecule has 0 aromatic rings. The van der Waals surface area contributed by atoms with E-state index in [4.69, 9.17) is 0 Å². The molecule has 6 nitrogen and oxygen atoms in total. The molecular formula is C24H46NO5P. The molecule has 182 valence electrons. The molecule has 1 amide bonds. The zero-order valence-electron chi connectivity index (χ0n) is 20.0. The predicted octanol–water partition coefficient (Wildman–Crippen LogP) is 5.79. The van der Waals surface area contributed by atoms with E-state index < -0.39 is 7.37 Å². The van der Waals surface area contributed by atoms with E-state index in [1.165, 1.54) is 6.66 Å². The van der Waals surface area contributed by atoms with Crippen LogP contribution in [0.5, 0.6) is 0 Å². The predicted molar refractivity (Wildman–Crippen MR) is 128 cm³/mol. The molecule has 31 heavy (non-hydrogen) atoms. The molecule has 0 fully saturated rings. The van der Waals surface area contributed by atoms with Gasteiger partial charge in [0.2, 0.25) is 5.91 Å². The molecule has 0 aromatic carbocycles. The SMILES string of the molecule is CC(=O)CCCCCCC(=O)NCCCCCC(=O)CCCCCCCCP(C)(=O)O. The molecule has 0 saturated carbocycles. The number of unbranched alkanes of at least 4 members (excludes halogenated alkanes) is 10. The van der Waals surface area contributed by atoms with Gasteiger partial charge in [0.15, 0.2) is 7.37 Å². The molecule has 0 aliphatic heterocycles. The maximum atomic E-state index is 11.9. The van der Waals surface area contributed by atoms with Crippen LogP contribution in [-0.4, -0.2) is 41.7 Å². The van der Waals surface area contributed by atoms with Gasteiger partial charge in [-0.2, -0.15) is 0 Å². The van der Waals surface area contributed by atoms with Crippen molar-refractivity contribution in [1.82, 2.24) is 5.32 Å². The largest absolute Gasteiger partial charge is 0.356 e. The van der Waals surface area contributed by atoms with Gasteiger partial charge in [0.25, 0.3) is 0 Å². The lowest BCUT2D eigenvalue weighted by atomic mass is 10.0. The summed E-state index contributed by atoms with van der Waals surface area (Å²) in [6, 6.07) is 0. The third-order valence-corrected chi connectivity index (χ3v) is 6.56. The van der Waals surface area contributed by atoms with E-state index in [9.17, 15) is 23.8 Å². The zero-order chi connectivity index (χ0) is 23.4. The van der Waals surface area contributed by atoms with Crippen molar-refractivity contribution in [2.24, 2.45) is 0 Å². The van der Waals surface area contributed by atoms with Crippen molar-refractivity contribution < 1.29 is 23.8 Å². The molecular weight excluding hydrogens is 413 g/mol. The van der Waals surface area contributed by atoms with Crippen LogP contribution in [0.3, 0.4) is 0 Å². The van der Waals surface area contributed by atoms with Crippen LogP contribution in [0.4, 0.5) is 0 Å². The van der Waals surface area contributed by atoms with Gasteiger partial charge in [-0.15, -0.1) is 0 Å². The summed E-state index contributed by atoms with van der Waals surface area (Å²) in [5, 5.41) is 2.94. The van der Waals surface area contributed by atoms with Crippen molar-refractivity contribution in [3.63, 3.8) is 0 Å². The second-order valence-electron chi connectivity index (χ2n) is 8.96. The quantitative estimate of drug-likeness (QED) is 0.158. The second kappa shape index (κ2) is 19.7. The van der Waals surface area contributed by atoms with E-state index in [0.717, 1.165) is 83.5 Å². The Morgan fingerprint density at radius 3 is 1.68 bits per heavy atom. The van der Waals surface area contributed by atoms with Crippen LogP contribution in [0.25, 0.3) is 0 Å². The molecule has 0 aromatic heterocycles. The fourth-order valence-electron chi connectivity index (χ4n) is 3.51. The summed E-state index contributed by atoms with van der Waals surface area (Å²) < 4.78 is 11.2. The Morgan fingerprint density at radius 2 is 1.13 bits per heavy atom. The van der Waals surface area contributed by atoms with E-state index in [1.807, 2.05) is 0 Å². The molecule has 0 radical (unpaired) electrons. The summed E-state index contributed by atoms with van der Waals surface area (Å²) in [5.41, 5.74) is 0. The van der Waals surface area contributed by atoms with Crippen molar-refractivity contribution in [1.29, 1.82) is 0 Å². The fourth-order valence-corrected chi connectivity index (χ4v) is 4.32. The molecule has 0 heterocycles. The van der Waals surface area contributed by atoms with E-state index >= 15 is 0 Å². The number of amides is 1. The van der Waals surface area contributed by atoms with Gasteiger partial charge in [0.1, 0.15) is 11.6 Å². The molecule has 0 bridgehead atoms. The monoisotopic (exact) mass is 459 g/mol. The van der Waals surface area contributed by atoms with E-state index in [2.05, 4.69) is 5.32 Å². The minimum absolute atomic E-state index is 0.0997. The Morgan fingerprint density at radius 1 is 0.677 bits per heavy atom. The Kier molecular flexibility index (Phi) is 19.0. The Hall–Kier alpha value is -1.00. The van der Waals surface area contributed by atoms with Crippen molar-refractivity contribution >= 4 is 24.8 Å². The minimum atomic E-state index is -2.85.